The van der Waals surface area contributed by atoms with Crippen molar-refractivity contribution < 1.29 is 38.0 Å². The molecular weight excluding hydrogens is 476 g/mol. The number of fused-ring (bicyclic) bond motifs is 2. The van der Waals surface area contributed by atoms with Gasteiger partial charge in [0.1, 0.15) is 0 Å². The van der Waals surface area contributed by atoms with Gasteiger partial charge in [-0.25, -0.2) is 0 Å². The van der Waals surface area contributed by atoms with Crippen LogP contribution in [0.2, 0.25) is 0 Å². The lowest BCUT2D eigenvalue weighted by Crippen LogP contribution is -2.51. The van der Waals surface area contributed by atoms with Gasteiger partial charge in [-0.1, -0.05) is 12.2 Å². The second-order valence-corrected chi connectivity index (χ2v) is 14.4. The quantitative estimate of drug-likeness (QED) is 0.212. The molecular formula is C29H50O8. The lowest BCUT2D eigenvalue weighted by molar-refractivity contribution is -0.406. The maximum Gasteiger partial charge on any atom is 0.327 e. The number of hydrogen-bond donors (Lipinski definition) is 0. The summed E-state index contributed by atoms with van der Waals surface area (Å²) >= 11 is 0. The van der Waals surface area contributed by atoms with Crippen molar-refractivity contribution in [2.45, 2.75) is 138 Å². The molecule has 0 aromatic rings. The first-order valence-electron chi connectivity index (χ1n) is 13.3. The Morgan fingerprint density at radius 2 is 0.757 bits per heavy atom. The number of ether oxygens (including phenoxy) is 6. The molecule has 1 saturated carbocycles. The SMILES string of the molecule is CC(C)(C)OC(C)(OC(=O)C1C2C=CC(C2)C1C(=O)OC(C)(OC(C)(C)C)OC(C)(C)C)OC(C)(C)C. The van der Waals surface area contributed by atoms with E-state index < -0.39 is 58.1 Å². The summed E-state index contributed by atoms with van der Waals surface area (Å²) in [6, 6.07) is 0. The van der Waals surface area contributed by atoms with Gasteiger partial charge in [0, 0.05) is 13.8 Å². The van der Waals surface area contributed by atoms with Gasteiger partial charge in [0.25, 0.3) is 0 Å². The molecule has 4 atom stereocenters. The summed E-state index contributed by atoms with van der Waals surface area (Å²) in [5.74, 6) is -6.22. The van der Waals surface area contributed by atoms with Crippen molar-refractivity contribution in [1.29, 1.82) is 0 Å². The second-order valence-electron chi connectivity index (χ2n) is 14.4. The Balaban J connectivity index is 2.33. The summed E-state index contributed by atoms with van der Waals surface area (Å²) in [6.07, 6.45) is 4.61. The molecule has 0 spiro atoms. The molecule has 214 valence electrons. The van der Waals surface area contributed by atoms with Gasteiger partial charge in [0.15, 0.2) is 0 Å². The van der Waals surface area contributed by atoms with E-state index in [-0.39, 0.29) is 11.8 Å². The number of hydrogen-bond acceptors (Lipinski definition) is 8. The fraction of sp³-hybridized carbons (Fsp3) is 0.862. The van der Waals surface area contributed by atoms with E-state index >= 15 is 0 Å². The standard InChI is InChI=1S/C29H50O8/c1-24(2,3)34-28(13,35-25(4,5)6)32-22(30)20-18-15-16-19(17-18)21(20)23(31)33-29(14,36-26(7,8)9)37-27(10,11)12/h15-16,18-21H,17H2,1-14H3. The molecule has 0 N–H and O–H groups in total. The number of carbonyl (C=O) groups is 2. The zero-order valence-electron chi connectivity index (χ0n) is 25.4. The van der Waals surface area contributed by atoms with Gasteiger partial charge in [-0.2, -0.15) is 0 Å². The van der Waals surface area contributed by atoms with Crippen LogP contribution in [-0.4, -0.2) is 46.3 Å². The number of carbonyl (C=O) groups excluding carboxylic acids is 2. The van der Waals surface area contributed by atoms with Crippen LogP contribution in [0.1, 0.15) is 103 Å². The van der Waals surface area contributed by atoms with Gasteiger partial charge in [0.2, 0.25) is 0 Å². The lowest BCUT2D eigenvalue weighted by Gasteiger charge is -2.41. The Morgan fingerprint density at radius 3 is 0.973 bits per heavy atom. The van der Waals surface area contributed by atoms with Crippen molar-refractivity contribution in [2.75, 3.05) is 0 Å². The van der Waals surface area contributed by atoms with E-state index in [0.29, 0.717) is 6.42 Å². The third kappa shape index (κ3) is 9.65. The van der Waals surface area contributed by atoms with Crippen LogP contribution < -0.4 is 0 Å². The first-order valence-corrected chi connectivity index (χ1v) is 13.3. The molecule has 37 heavy (non-hydrogen) atoms. The molecule has 0 aliphatic heterocycles. The Labute approximate surface area is 223 Å². The Hall–Kier alpha value is -1.48. The molecule has 0 amide bonds. The minimum absolute atomic E-state index is 0.151. The van der Waals surface area contributed by atoms with E-state index in [1.54, 1.807) is 13.8 Å². The van der Waals surface area contributed by atoms with Crippen molar-refractivity contribution in [3.8, 4) is 0 Å². The summed E-state index contributed by atoms with van der Waals surface area (Å²) in [6.45, 7) is 25.5. The summed E-state index contributed by atoms with van der Waals surface area (Å²) in [5, 5.41) is 0. The molecule has 0 radical (unpaired) electrons. The molecule has 8 nitrogen and oxygen atoms in total. The first kappa shape index (κ1) is 31.7. The topological polar surface area (TPSA) is 89.5 Å². The normalized spacial score (nSPS) is 24.9. The third-order valence-corrected chi connectivity index (χ3v) is 5.54. The van der Waals surface area contributed by atoms with Crippen LogP contribution in [0.15, 0.2) is 12.2 Å². The summed E-state index contributed by atoms with van der Waals surface area (Å²) in [5.41, 5.74) is -2.60. The molecule has 0 aromatic carbocycles. The number of esters is 2. The molecule has 2 aliphatic rings. The van der Waals surface area contributed by atoms with Crippen LogP contribution in [-0.2, 0) is 38.0 Å². The van der Waals surface area contributed by atoms with E-state index in [1.165, 1.54) is 0 Å². The van der Waals surface area contributed by atoms with Crippen LogP contribution in [0.3, 0.4) is 0 Å². The minimum atomic E-state index is -1.65. The van der Waals surface area contributed by atoms with Gasteiger partial charge in [-0.3, -0.25) is 9.59 Å². The van der Waals surface area contributed by atoms with Gasteiger partial charge in [-0.15, -0.1) is 0 Å². The van der Waals surface area contributed by atoms with Gasteiger partial charge >= 0.3 is 23.9 Å². The van der Waals surface area contributed by atoms with Crippen LogP contribution in [0.25, 0.3) is 0 Å². The second kappa shape index (κ2) is 10.2. The third-order valence-electron chi connectivity index (χ3n) is 5.54. The van der Waals surface area contributed by atoms with Gasteiger partial charge in [-0.05, 0) is 101 Å². The highest BCUT2D eigenvalue weighted by Gasteiger charge is 2.56. The maximum absolute atomic E-state index is 13.7. The largest absolute Gasteiger partial charge is 0.408 e. The molecule has 2 aliphatic carbocycles. The van der Waals surface area contributed by atoms with E-state index in [2.05, 4.69) is 0 Å². The molecule has 0 saturated heterocycles. The Kier molecular flexibility index (Phi) is 8.79. The van der Waals surface area contributed by atoms with E-state index in [4.69, 9.17) is 28.4 Å². The summed E-state index contributed by atoms with van der Waals surface area (Å²) in [7, 11) is 0. The zero-order valence-corrected chi connectivity index (χ0v) is 25.4. The van der Waals surface area contributed by atoms with Gasteiger partial charge in [0.05, 0.1) is 34.2 Å². The van der Waals surface area contributed by atoms with Gasteiger partial charge < -0.3 is 28.4 Å². The monoisotopic (exact) mass is 526 g/mol. The van der Waals surface area contributed by atoms with E-state index in [1.807, 2.05) is 95.2 Å². The fourth-order valence-corrected chi connectivity index (χ4v) is 5.32. The fourth-order valence-electron chi connectivity index (χ4n) is 5.32. The predicted octanol–water partition coefficient (Wildman–Crippen LogP) is 6.12. The average molecular weight is 527 g/mol. The smallest absolute Gasteiger partial charge is 0.327 e. The molecule has 2 bridgehead atoms. The van der Waals surface area contributed by atoms with Crippen molar-refractivity contribution in [2.24, 2.45) is 23.7 Å². The Bertz CT molecular complexity index is 760. The first-order chi connectivity index (χ1) is 16.3. The molecule has 8 heteroatoms. The Morgan fingerprint density at radius 1 is 0.514 bits per heavy atom. The van der Waals surface area contributed by atoms with E-state index in [0.717, 1.165) is 0 Å². The molecule has 2 rings (SSSR count). The lowest BCUT2D eigenvalue weighted by atomic mass is 9.83. The van der Waals surface area contributed by atoms with Crippen molar-refractivity contribution in [3.63, 3.8) is 0 Å². The van der Waals surface area contributed by atoms with Crippen LogP contribution >= 0.6 is 0 Å². The van der Waals surface area contributed by atoms with Crippen LogP contribution in [0.5, 0.6) is 0 Å². The number of rotatable bonds is 8. The predicted molar refractivity (Wildman–Crippen MR) is 140 cm³/mol. The van der Waals surface area contributed by atoms with Crippen molar-refractivity contribution in [1.82, 2.24) is 0 Å². The molecule has 4 unspecified atom stereocenters. The van der Waals surface area contributed by atoms with Crippen molar-refractivity contribution in [3.05, 3.63) is 12.2 Å². The zero-order chi connectivity index (χ0) is 28.8. The molecule has 0 heterocycles. The van der Waals surface area contributed by atoms with Crippen LogP contribution in [0, 0.1) is 23.7 Å². The summed E-state index contributed by atoms with van der Waals surface area (Å²) < 4.78 is 36.1. The number of allylic oxidation sites excluding steroid dienone is 2. The average Bonchev–Trinajstić information content (AvgIpc) is 3.14. The molecule has 1 fully saturated rings. The highest BCUT2D eigenvalue weighted by atomic mass is 16.9. The van der Waals surface area contributed by atoms with Crippen LogP contribution in [0.4, 0.5) is 0 Å². The minimum Gasteiger partial charge on any atom is -0.408 e. The van der Waals surface area contributed by atoms with Crippen molar-refractivity contribution >= 4 is 11.9 Å². The molecule has 0 aromatic heterocycles. The van der Waals surface area contributed by atoms with E-state index in [9.17, 15) is 9.59 Å². The highest BCUT2D eigenvalue weighted by Crippen LogP contribution is 2.50. The highest BCUT2D eigenvalue weighted by molar-refractivity contribution is 5.84. The maximum atomic E-state index is 13.7. The summed E-state index contributed by atoms with van der Waals surface area (Å²) in [4.78, 5) is 27.3.